The predicted octanol–water partition coefficient (Wildman–Crippen LogP) is 2.64. The minimum absolute atomic E-state index is 0.223. The van der Waals surface area contributed by atoms with Crippen molar-refractivity contribution in [2.24, 2.45) is 0 Å². The maximum Gasteiger partial charge on any atom is 0.287 e. The van der Waals surface area contributed by atoms with Crippen molar-refractivity contribution in [1.29, 1.82) is 0 Å². The molecule has 0 radical (unpaired) electrons. The third-order valence-corrected chi connectivity index (χ3v) is 3.47. The smallest absolute Gasteiger partial charge is 0.287 e. The average molecular weight is 291 g/mol. The summed E-state index contributed by atoms with van der Waals surface area (Å²) in [5, 5.41) is 13.2. The summed E-state index contributed by atoms with van der Waals surface area (Å²) < 4.78 is 10.9. The standard InChI is InChI=1S/C16H21NO4/c1-4-6-11(18)9-17-16(19)14-10(2)12-7-5-8-13(20-3)15(12)21-14/h5,7-8,11,18H,4,6,9H2,1-3H3,(H,17,19). The number of aryl methyl sites for hydroxylation is 1. The molecular formula is C16H21NO4. The molecule has 0 aliphatic carbocycles. The van der Waals surface area contributed by atoms with Crippen molar-refractivity contribution in [3.05, 3.63) is 29.5 Å². The molecule has 2 N–H and O–H groups in total. The number of carbonyl (C=O) groups excluding carboxylic acids is 1. The van der Waals surface area contributed by atoms with Crippen LogP contribution in [0.5, 0.6) is 5.75 Å². The van der Waals surface area contributed by atoms with Crippen LogP contribution in [0.4, 0.5) is 0 Å². The molecule has 0 saturated carbocycles. The number of aliphatic hydroxyl groups is 1. The third kappa shape index (κ3) is 3.19. The predicted molar refractivity (Wildman–Crippen MR) is 80.8 cm³/mol. The minimum atomic E-state index is -0.529. The molecule has 0 aliphatic heterocycles. The second-order valence-corrected chi connectivity index (χ2v) is 5.05. The quantitative estimate of drug-likeness (QED) is 0.858. The number of methoxy groups -OCH3 is 1. The van der Waals surface area contributed by atoms with Gasteiger partial charge in [0.1, 0.15) is 0 Å². The van der Waals surface area contributed by atoms with Gasteiger partial charge >= 0.3 is 0 Å². The van der Waals surface area contributed by atoms with Crippen molar-refractivity contribution in [2.45, 2.75) is 32.8 Å². The van der Waals surface area contributed by atoms with Crippen molar-refractivity contribution >= 4 is 16.9 Å². The van der Waals surface area contributed by atoms with Crippen molar-refractivity contribution in [1.82, 2.24) is 5.32 Å². The van der Waals surface area contributed by atoms with Crippen molar-refractivity contribution < 1.29 is 19.1 Å². The number of benzene rings is 1. The van der Waals surface area contributed by atoms with Gasteiger partial charge in [-0.1, -0.05) is 25.5 Å². The van der Waals surface area contributed by atoms with Gasteiger partial charge in [0.05, 0.1) is 13.2 Å². The zero-order valence-electron chi connectivity index (χ0n) is 12.6. The topological polar surface area (TPSA) is 71.7 Å². The van der Waals surface area contributed by atoms with Gasteiger partial charge in [-0.25, -0.2) is 0 Å². The summed E-state index contributed by atoms with van der Waals surface area (Å²) in [4.78, 5) is 12.2. The summed E-state index contributed by atoms with van der Waals surface area (Å²) in [6.07, 6.45) is 1.00. The Morgan fingerprint density at radius 2 is 2.24 bits per heavy atom. The molecule has 114 valence electrons. The Labute approximate surface area is 123 Å². The number of hydrogen-bond acceptors (Lipinski definition) is 4. The fourth-order valence-electron chi connectivity index (χ4n) is 2.32. The molecule has 0 spiro atoms. The van der Waals surface area contributed by atoms with Gasteiger partial charge in [0.25, 0.3) is 5.91 Å². The van der Waals surface area contributed by atoms with Crippen LogP contribution >= 0.6 is 0 Å². The first kappa shape index (κ1) is 15.4. The second-order valence-electron chi connectivity index (χ2n) is 5.05. The van der Waals surface area contributed by atoms with E-state index in [0.29, 0.717) is 17.8 Å². The fourth-order valence-corrected chi connectivity index (χ4v) is 2.32. The second kappa shape index (κ2) is 6.63. The molecule has 0 aliphatic rings. The Kier molecular flexibility index (Phi) is 4.85. The number of aliphatic hydroxyl groups excluding tert-OH is 1. The fraction of sp³-hybridized carbons (Fsp3) is 0.438. The van der Waals surface area contributed by atoms with E-state index < -0.39 is 6.10 Å². The number of nitrogens with one attached hydrogen (secondary N) is 1. The lowest BCUT2D eigenvalue weighted by Gasteiger charge is -2.09. The lowest BCUT2D eigenvalue weighted by molar-refractivity contribution is 0.0884. The van der Waals surface area contributed by atoms with E-state index in [-0.39, 0.29) is 18.2 Å². The monoisotopic (exact) mass is 291 g/mol. The number of rotatable bonds is 6. The van der Waals surface area contributed by atoms with E-state index in [2.05, 4.69) is 5.32 Å². The van der Waals surface area contributed by atoms with Gasteiger partial charge < -0.3 is 19.6 Å². The van der Waals surface area contributed by atoms with Crippen LogP contribution in [0, 0.1) is 6.92 Å². The number of para-hydroxylation sites is 1. The van der Waals surface area contributed by atoms with Crippen molar-refractivity contribution in [3.63, 3.8) is 0 Å². The first-order valence-electron chi connectivity index (χ1n) is 7.10. The molecule has 1 unspecified atom stereocenters. The minimum Gasteiger partial charge on any atom is -0.493 e. The van der Waals surface area contributed by atoms with Crippen LogP contribution in [0.3, 0.4) is 0 Å². The van der Waals surface area contributed by atoms with Gasteiger partial charge in [-0.2, -0.15) is 0 Å². The van der Waals surface area contributed by atoms with E-state index in [1.54, 1.807) is 13.2 Å². The molecule has 5 heteroatoms. The summed E-state index contributed by atoms with van der Waals surface area (Å²) in [7, 11) is 1.56. The van der Waals surface area contributed by atoms with Gasteiger partial charge in [0.2, 0.25) is 0 Å². The molecule has 1 aromatic heterocycles. The van der Waals surface area contributed by atoms with Crippen LogP contribution in [-0.2, 0) is 0 Å². The van der Waals surface area contributed by atoms with Gasteiger partial charge in [0, 0.05) is 17.5 Å². The Morgan fingerprint density at radius 1 is 1.48 bits per heavy atom. The molecule has 0 saturated heterocycles. The lowest BCUT2D eigenvalue weighted by Crippen LogP contribution is -2.32. The molecular weight excluding hydrogens is 270 g/mol. The van der Waals surface area contributed by atoms with E-state index in [1.807, 2.05) is 26.0 Å². The van der Waals surface area contributed by atoms with Crippen molar-refractivity contribution in [3.8, 4) is 5.75 Å². The van der Waals surface area contributed by atoms with E-state index in [1.165, 1.54) is 0 Å². The maximum atomic E-state index is 12.2. The number of amides is 1. The van der Waals surface area contributed by atoms with Gasteiger partial charge in [0.15, 0.2) is 17.1 Å². The molecule has 21 heavy (non-hydrogen) atoms. The van der Waals surface area contributed by atoms with Crippen LogP contribution < -0.4 is 10.1 Å². The SMILES string of the molecule is CCCC(O)CNC(=O)c1oc2c(OC)cccc2c1C. The molecule has 1 amide bonds. The third-order valence-electron chi connectivity index (χ3n) is 3.47. The van der Waals surface area contributed by atoms with Crippen LogP contribution in [0.1, 0.15) is 35.9 Å². The van der Waals surface area contributed by atoms with E-state index in [4.69, 9.17) is 9.15 Å². The van der Waals surface area contributed by atoms with E-state index >= 15 is 0 Å². The number of carbonyl (C=O) groups is 1. The summed E-state index contributed by atoms with van der Waals surface area (Å²) in [6, 6.07) is 5.54. The van der Waals surface area contributed by atoms with Crippen molar-refractivity contribution in [2.75, 3.05) is 13.7 Å². The van der Waals surface area contributed by atoms with Crippen LogP contribution in [0.2, 0.25) is 0 Å². The average Bonchev–Trinajstić information content (AvgIpc) is 2.82. The zero-order chi connectivity index (χ0) is 15.4. The number of furan rings is 1. The highest BCUT2D eigenvalue weighted by molar-refractivity contribution is 6.00. The first-order valence-corrected chi connectivity index (χ1v) is 7.10. The summed E-state index contributed by atoms with van der Waals surface area (Å²) >= 11 is 0. The molecule has 2 rings (SSSR count). The number of hydrogen-bond donors (Lipinski definition) is 2. The lowest BCUT2D eigenvalue weighted by atomic mass is 10.1. The van der Waals surface area contributed by atoms with Gasteiger partial charge in [-0.15, -0.1) is 0 Å². The van der Waals surface area contributed by atoms with Gasteiger partial charge in [-0.3, -0.25) is 4.79 Å². The zero-order valence-corrected chi connectivity index (χ0v) is 12.6. The highest BCUT2D eigenvalue weighted by Gasteiger charge is 2.20. The molecule has 5 nitrogen and oxygen atoms in total. The number of ether oxygens (including phenoxy) is 1. The molecule has 1 aromatic carbocycles. The molecule has 1 heterocycles. The summed E-state index contributed by atoms with van der Waals surface area (Å²) in [5.41, 5.74) is 1.34. The Morgan fingerprint density at radius 3 is 2.90 bits per heavy atom. The highest BCUT2D eigenvalue weighted by atomic mass is 16.5. The van der Waals surface area contributed by atoms with E-state index in [9.17, 15) is 9.90 Å². The molecule has 0 fully saturated rings. The molecule has 1 atom stereocenters. The molecule has 2 aromatic rings. The highest BCUT2D eigenvalue weighted by Crippen LogP contribution is 2.32. The maximum absolute atomic E-state index is 12.2. The molecule has 0 bridgehead atoms. The summed E-state index contributed by atoms with van der Waals surface area (Å²) in [6.45, 7) is 4.05. The van der Waals surface area contributed by atoms with Crippen LogP contribution in [0.15, 0.2) is 22.6 Å². The van der Waals surface area contributed by atoms with Crippen LogP contribution in [0.25, 0.3) is 11.0 Å². The number of fused-ring (bicyclic) bond motifs is 1. The summed E-state index contributed by atoms with van der Waals surface area (Å²) in [5.74, 6) is 0.541. The van der Waals surface area contributed by atoms with E-state index in [0.717, 1.165) is 17.4 Å². The Bertz CT molecular complexity index is 632. The Balaban J connectivity index is 2.22. The van der Waals surface area contributed by atoms with Crippen LogP contribution in [-0.4, -0.2) is 30.8 Å². The normalized spacial score (nSPS) is 12.4. The van der Waals surface area contributed by atoms with Gasteiger partial charge in [-0.05, 0) is 19.4 Å². The largest absolute Gasteiger partial charge is 0.493 e. The Hall–Kier alpha value is -2.01. The first-order chi connectivity index (χ1) is 10.1.